The van der Waals surface area contributed by atoms with Gasteiger partial charge in [0.05, 0.1) is 12.5 Å². The molecule has 0 aliphatic heterocycles. The summed E-state index contributed by atoms with van der Waals surface area (Å²) in [6.45, 7) is 0. The minimum absolute atomic E-state index is 0. The Labute approximate surface area is 141 Å². The summed E-state index contributed by atoms with van der Waals surface area (Å²) >= 11 is 0. The number of hydrogen-bond acceptors (Lipinski definition) is 3. The molecule has 0 aliphatic carbocycles. The Bertz CT molecular complexity index is 899. The van der Waals surface area contributed by atoms with Gasteiger partial charge in [0.15, 0.2) is 5.75 Å². The zero-order valence-electron chi connectivity index (χ0n) is 12.3. The summed E-state index contributed by atoms with van der Waals surface area (Å²) in [5, 5.41) is 2.85. The van der Waals surface area contributed by atoms with E-state index in [0.717, 1.165) is 16.2 Å². The van der Waals surface area contributed by atoms with Crippen LogP contribution in [-0.2, 0) is 10.9 Å². The van der Waals surface area contributed by atoms with Gasteiger partial charge < -0.3 is 21.4 Å². The second-order valence-electron chi connectivity index (χ2n) is 5.20. The number of hydrogen-bond donors (Lipinski definition) is 0. The van der Waals surface area contributed by atoms with E-state index >= 15 is 0 Å². The van der Waals surface area contributed by atoms with Crippen molar-refractivity contribution in [1.29, 1.82) is 0 Å². The lowest BCUT2D eigenvalue weighted by Crippen LogP contribution is -3.00. The first kappa shape index (κ1) is 16.8. The number of benzene rings is 2. The molecule has 1 heterocycles. The predicted octanol–water partition coefficient (Wildman–Crippen LogP) is 0.0108. The Morgan fingerprint density at radius 3 is 2.55 bits per heavy atom. The number of Topliss-reactive ketones (excluding diaryl/α,β-unsaturated/α-hetero) is 1. The number of carbonyl (C=O) groups excluding carboxylic acids is 1. The van der Waals surface area contributed by atoms with E-state index in [1.165, 1.54) is 0 Å². The molecule has 0 spiro atoms. The molecule has 0 amide bonds. The molecule has 114 valence electrons. The fourth-order valence-corrected chi connectivity index (χ4v) is 3.09. The Balaban J connectivity index is 0.00000176. The first-order chi connectivity index (χ1) is 10.1. The average Bonchev–Trinajstić information content (AvgIpc) is 2.45. The highest BCUT2D eigenvalue weighted by atomic mass is 79.9. The molecular formula is C17H15BrO3S. The Morgan fingerprint density at radius 1 is 1.09 bits per heavy atom. The number of fused-ring (bicyclic) bond motifs is 3. The summed E-state index contributed by atoms with van der Waals surface area (Å²) in [7, 11) is -0.0454. The Morgan fingerprint density at radius 2 is 1.82 bits per heavy atom. The Hall–Kier alpha value is -1.59. The van der Waals surface area contributed by atoms with Crippen LogP contribution in [0.2, 0.25) is 0 Å². The maximum Gasteiger partial charge on any atom is 0.347 e. The maximum atomic E-state index is 12.2. The van der Waals surface area contributed by atoms with Gasteiger partial charge in [-0.25, -0.2) is 4.79 Å². The van der Waals surface area contributed by atoms with Crippen LogP contribution in [0.3, 0.4) is 0 Å². The summed E-state index contributed by atoms with van der Waals surface area (Å²) in [6, 6.07) is 13.2. The standard InChI is InChI=1S/C17H15O3S.BrH/c1-21(2)10-15(18)14-9-13-12-6-4-3-5-11(12)7-8-16(13)20-17(14)19;/h3-9H,10H2,1-2H3;1H/q+1;/p-1. The minimum atomic E-state index is -0.548. The normalized spacial score (nSPS) is 10.9. The van der Waals surface area contributed by atoms with Crippen molar-refractivity contribution in [1.82, 2.24) is 0 Å². The molecule has 22 heavy (non-hydrogen) atoms. The molecule has 3 rings (SSSR count). The molecule has 3 nitrogen and oxygen atoms in total. The predicted molar refractivity (Wildman–Crippen MR) is 88.4 cm³/mol. The second-order valence-corrected chi connectivity index (χ2v) is 7.46. The average molecular weight is 379 g/mol. The topological polar surface area (TPSA) is 47.3 Å². The molecule has 5 heteroatoms. The smallest absolute Gasteiger partial charge is 0.347 e. The van der Waals surface area contributed by atoms with Gasteiger partial charge in [0.2, 0.25) is 5.78 Å². The zero-order valence-corrected chi connectivity index (χ0v) is 14.7. The summed E-state index contributed by atoms with van der Waals surface area (Å²) < 4.78 is 5.33. The van der Waals surface area contributed by atoms with Crippen LogP contribution < -0.4 is 22.6 Å². The molecule has 3 aromatic rings. The van der Waals surface area contributed by atoms with Crippen LogP contribution in [0.25, 0.3) is 21.7 Å². The van der Waals surface area contributed by atoms with Crippen molar-refractivity contribution in [3.05, 3.63) is 58.4 Å². The zero-order chi connectivity index (χ0) is 15.0. The van der Waals surface area contributed by atoms with Gasteiger partial charge in [-0.3, -0.25) is 4.79 Å². The van der Waals surface area contributed by atoms with Gasteiger partial charge in [-0.05, 0) is 33.8 Å². The van der Waals surface area contributed by atoms with Crippen LogP contribution in [0.4, 0.5) is 0 Å². The first-order valence-corrected chi connectivity index (χ1v) is 8.80. The SMILES string of the molecule is C[S+](C)CC(=O)c1cc2c(ccc3ccccc32)oc1=O.[Br-]. The van der Waals surface area contributed by atoms with E-state index in [2.05, 4.69) is 0 Å². The van der Waals surface area contributed by atoms with E-state index in [0.29, 0.717) is 11.3 Å². The van der Waals surface area contributed by atoms with Gasteiger partial charge in [-0.1, -0.05) is 30.3 Å². The van der Waals surface area contributed by atoms with Crippen LogP contribution >= 0.6 is 0 Å². The van der Waals surface area contributed by atoms with Gasteiger partial charge >= 0.3 is 5.63 Å². The first-order valence-electron chi connectivity index (χ1n) is 6.59. The number of halogens is 1. The van der Waals surface area contributed by atoms with Crippen molar-refractivity contribution in [2.45, 2.75) is 0 Å². The van der Waals surface area contributed by atoms with Crippen molar-refractivity contribution in [2.75, 3.05) is 18.3 Å². The van der Waals surface area contributed by atoms with Crippen LogP contribution in [0.1, 0.15) is 10.4 Å². The van der Waals surface area contributed by atoms with Gasteiger partial charge in [0.25, 0.3) is 0 Å². The van der Waals surface area contributed by atoms with Gasteiger partial charge in [0, 0.05) is 5.39 Å². The van der Waals surface area contributed by atoms with Crippen molar-refractivity contribution in [3.63, 3.8) is 0 Å². The molecular weight excluding hydrogens is 364 g/mol. The quantitative estimate of drug-likeness (QED) is 0.279. The lowest BCUT2D eigenvalue weighted by atomic mass is 10.0. The number of carbonyl (C=O) groups is 1. The molecule has 0 radical (unpaired) electrons. The second kappa shape index (κ2) is 6.67. The molecule has 0 saturated carbocycles. The van der Waals surface area contributed by atoms with Crippen molar-refractivity contribution >= 4 is 38.4 Å². The fourth-order valence-electron chi connectivity index (χ4n) is 2.41. The van der Waals surface area contributed by atoms with Gasteiger partial charge in [-0.15, -0.1) is 0 Å². The third-order valence-corrected chi connectivity index (χ3v) is 4.20. The number of ketones is 1. The van der Waals surface area contributed by atoms with Crippen LogP contribution in [0.15, 0.2) is 51.7 Å². The molecule has 2 aromatic carbocycles. The van der Waals surface area contributed by atoms with E-state index in [-0.39, 0.29) is 39.2 Å². The summed E-state index contributed by atoms with van der Waals surface area (Å²) in [5.74, 6) is 0.230. The molecule has 0 unspecified atom stereocenters. The highest BCUT2D eigenvalue weighted by molar-refractivity contribution is 7.96. The fraction of sp³-hybridized carbons (Fsp3) is 0.176. The molecule has 0 aliphatic rings. The molecule has 0 N–H and O–H groups in total. The summed E-state index contributed by atoms with van der Waals surface area (Å²) in [5.41, 5.74) is 0.121. The highest BCUT2D eigenvalue weighted by Gasteiger charge is 2.19. The third-order valence-electron chi connectivity index (χ3n) is 3.36. The van der Waals surface area contributed by atoms with Crippen LogP contribution in [0.5, 0.6) is 0 Å². The van der Waals surface area contributed by atoms with E-state index in [1.807, 2.05) is 42.8 Å². The molecule has 0 fully saturated rings. The highest BCUT2D eigenvalue weighted by Crippen LogP contribution is 2.25. The van der Waals surface area contributed by atoms with Crippen LogP contribution in [0, 0.1) is 0 Å². The van der Waals surface area contributed by atoms with E-state index < -0.39 is 5.63 Å². The van der Waals surface area contributed by atoms with E-state index in [4.69, 9.17) is 4.42 Å². The molecule has 0 bridgehead atoms. The third kappa shape index (κ3) is 3.10. The monoisotopic (exact) mass is 378 g/mol. The minimum Gasteiger partial charge on any atom is -1.00 e. The lowest BCUT2D eigenvalue weighted by Gasteiger charge is -2.04. The molecule has 0 atom stereocenters. The summed E-state index contributed by atoms with van der Waals surface area (Å²) in [6.07, 6.45) is 3.96. The maximum absolute atomic E-state index is 12.2. The van der Waals surface area contributed by atoms with Crippen molar-refractivity contribution in [2.24, 2.45) is 0 Å². The van der Waals surface area contributed by atoms with Gasteiger partial charge in [0.1, 0.15) is 11.1 Å². The van der Waals surface area contributed by atoms with Crippen LogP contribution in [-0.4, -0.2) is 24.0 Å². The number of rotatable bonds is 3. The van der Waals surface area contributed by atoms with E-state index in [1.54, 1.807) is 12.1 Å². The summed E-state index contributed by atoms with van der Waals surface area (Å²) in [4.78, 5) is 24.2. The lowest BCUT2D eigenvalue weighted by molar-refractivity contribution is -0.0000128. The molecule has 1 aromatic heterocycles. The Kier molecular flexibility index (Phi) is 5.08. The van der Waals surface area contributed by atoms with Crippen molar-refractivity contribution < 1.29 is 26.2 Å². The van der Waals surface area contributed by atoms with E-state index in [9.17, 15) is 9.59 Å². The van der Waals surface area contributed by atoms with Gasteiger partial charge in [-0.2, -0.15) is 0 Å². The largest absolute Gasteiger partial charge is 1.00 e. The molecule has 0 saturated heterocycles. The van der Waals surface area contributed by atoms with Crippen molar-refractivity contribution in [3.8, 4) is 0 Å².